The summed E-state index contributed by atoms with van der Waals surface area (Å²) in [7, 11) is 0. The van der Waals surface area contributed by atoms with Gasteiger partial charge < -0.3 is 16.2 Å². The molecule has 1 fully saturated rings. The van der Waals surface area contributed by atoms with E-state index in [1.54, 1.807) is 12.1 Å². The van der Waals surface area contributed by atoms with E-state index in [1.807, 2.05) is 13.8 Å². The number of phenolic OH excluding ortho intramolecular Hbond substituents is 1. The Morgan fingerprint density at radius 1 is 1.32 bits per heavy atom. The van der Waals surface area contributed by atoms with Gasteiger partial charge in [-0.05, 0) is 30.0 Å². The van der Waals surface area contributed by atoms with Gasteiger partial charge in [-0.1, -0.05) is 26.0 Å². The summed E-state index contributed by atoms with van der Waals surface area (Å²) in [4.78, 5) is 37.1. The highest BCUT2D eigenvalue weighted by molar-refractivity contribution is 6.07. The second kappa shape index (κ2) is 6.05. The Bertz CT molecular complexity index is 597. The van der Waals surface area contributed by atoms with Gasteiger partial charge in [0, 0.05) is 0 Å². The Hall–Kier alpha value is -2.57. The van der Waals surface area contributed by atoms with Crippen LogP contribution >= 0.6 is 0 Å². The molecule has 1 aliphatic rings. The maximum Gasteiger partial charge on any atom is 0.325 e. The van der Waals surface area contributed by atoms with Crippen LogP contribution in [0.4, 0.5) is 4.79 Å². The van der Waals surface area contributed by atoms with Crippen LogP contribution in [0.3, 0.4) is 0 Å². The smallest absolute Gasteiger partial charge is 0.325 e. The van der Waals surface area contributed by atoms with Crippen molar-refractivity contribution in [1.82, 2.24) is 10.2 Å². The Morgan fingerprint density at radius 2 is 1.91 bits per heavy atom. The molecule has 0 saturated carbocycles. The molecule has 0 spiro atoms. The average Bonchev–Trinajstić information content (AvgIpc) is 2.72. The maximum atomic E-state index is 12.5. The number of nitrogens with one attached hydrogen (secondary N) is 1. The first-order chi connectivity index (χ1) is 10.3. The van der Waals surface area contributed by atoms with Crippen LogP contribution in [-0.2, 0) is 9.59 Å². The predicted molar refractivity (Wildman–Crippen MR) is 78.7 cm³/mol. The van der Waals surface area contributed by atoms with Crippen molar-refractivity contribution in [2.75, 3.05) is 0 Å². The van der Waals surface area contributed by atoms with Gasteiger partial charge in [0.05, 0.1) is 0 Å². The van der Waals surface area contributed by atoms with E-state index in [4.69, 9.17) is 5.73 Å². The normalized spacial score (nSPS) is 19.4. The quantitative estimate of drug-likeness (QED) is 0.701. The number of phenols is 1. The monoisotopic (exact) mass is 305 g/mol. The molecule has 7 heteroatoms. The van der Waals surface area contributed by atoms with Crippen LogP contribution in [0.15, 0.2) is 24.3 Å². The lowest BCUT2D eigenvalue weighted by atomic mass is 10.0. The second-order valence-corrected chi connectivity index (χ2v) is 5.73. The molecule has 1 heterocycles. The minimum atomic E-state index is -0.963. The zero-order valence-corrected chi connectivity index (χ0v) is 12.4. The Balaban J connectivity index is 2.27. The van der Waals surface area contributed by atoms with Crippen LogP contribution in [0.25, 0.3) is 0 Å². The predicted octanol–water partition coefficient (Wildman–Crippen LogP) is 0.885. The first kappa shape index (κ1) is 15.8. The van der Waals surface area contributed by atoms with E-state index in [1.165, 1.54) is 12.1 Å². The molecule has 0 aliphatic carbocycles. The van der Waals surface area contributed by atoms with Crippen LogP contribution in [0, 0.1) is 5.92 Å². The summed E-state index contributed by atoms with van der Waals surface area (Å²) in [6.07, 6.45) is 0.316. The number of nitrogens with two attached hydrogens (primary N) is 1. The van der Waals surface area contributed by atoms with Gasteiger partial charge in [-0.25, -0.2) is 9.69 Å². The summed E-state index contributed by atoms with van der Waals surface area (Å²) in [5.41, 5.74) is 5.88. The number of imide groups is 1. The fourth-order valence-electron chi connectivity index (χ4n) is 2.48. The lowest BCUT2D eigenvalue weighted by Gasteiger charge is -2.24. The summed E-state index contributed by atoms with van der Waals surface area (Å²) in [5.74, 6) is -1.05. The highest BCUT2D eigenvalue weighted by Crippen LogP contribution is 2.26. The zero-order valence-electron chi connectivity index (χ0n) is 12.4. The van der Waals surface area contributed by atoms with E-state index < -0.39 is 29.9 Å². The van der Waals surface area contributed by atoms with E-state index in [9.17, 15) is 19.5 Å². The molecule has 1 aliphatic heterocycles. The molecule has 1 aromatic carbocycles. The molecule has 2 rings (SSSR count). The molecule has 1 unspecified atom stereocenters. The zero-order chi connectivity index (χ0) is 16.4. The maximum absolute atomic E-state index is 12.5. The number of hydrogen-bond donors (Lipinski definition) is 3. The molecule has 1 aromatic rings. The molecule has 22 heavy (non-hydrogen) atoms. The van der Waals surface area contributed by atoms with Gasteiger partial charge in [-0.2, -0.15) is 0 Å². The van der Waals surface area contributed by atoms with Gasteiger partial charge in [0.2, 0.25) is 5.91 Å². The van der Waals surface area contributed by atoms with Gasteiger partial charge in [0.25, 0.3) is 5.91 Å². The number of primary amides is 1. The van der Waals surface area contributed by atoms with Crippen LogP contribution in [0.1, 0.15) is 31.9 Å². The first-order valence-corrected chi connectivity index (χ1v) is 7.03. The third kappa shape index (κ3) is 3.03. The van der Waals surface area contributed by atoms with Crippen LogP contribution in [-0.4, -0.2) is 33.9 Å². The number of carbonyl (C=O) groups is 3. The fourth-order valence-corrected chi connectivity index (χ4v) is 2.48. The molecular weight excluding hydrogens is 286 g/mol. The summed E-state index contributed by atoms with van der Waals surface area (Å²) in [6.45, 7) is 3.76. The number of hydrogen-bond acceptors (Lipinski definition) is 4. The van der Waals surface area contributed by atoms with Gasteiger partial charge in [-0.15, -0.1) is 0 Å². The minimum absolute atomic E-state index is 0.0622. The van der Waals surface area contributed by atoms with Gasteiger partial charge >= 0.3 is 6.03 Å². The number of urea groups is 1. The third-order valence-corrected chi connectivity index (χ3v) is 3.53. The molecule has 7 nitrogen and oxygen atoms in total. The molecule has 1 saturated heterocycles. The molecule has 0 radical (unpaired) electrons. The van der Waals surface area contributed by atoms with Crippen molar-refractivity contribution in [3.05, 3.63) is 29.8 Å². The van der Waals surface area contributed by atoms with Crippen molar-refractivity contribution < 1.29 is 19.5 Å². The van der Waals surface area contributed by atoms with Gasteiger partial charge in [0.15, 0.2) is 0 Å². The molecule has 0 aromatic heterocycles. The van der Waals surface area contributed by atoms with Crippen LogP contribution in [0.2, 0.25) is 0 Å². The molecular formula is C15H19N3O4. The Kier molecular flexibility index (Phi) is 4.35. The number of nitrogens with zero attached hydrogens (tertiary/aromatic N) is 1. The van der Waals surface area contributed by atoms with E-state index in [-0.39, 0.29) is 11.7 Å². The second-order valence-electron chi connectivity index (χ2n) is 5.73. The highest BCUT2D eigenvalue weighted by atomic mass is 16.3. The minimum Gasteiger partial charge on any atom is -0.508 e. The van der Waals surface area contributed by atoms with Gasteiger partial charge in [-0.3, -0.25) is 9.59 Å². The van der Waals surface area contributed by atoms with E-state index in [2.05, 4.69) is 5.32 Å². The number of aromatic hydroxyl groups is 1. The molecule has 2 atom stereocenters. The number of amides is 4. The number of benzene rings is 1. The largest absolute Gasteiger partial charge is 0.508 e. The fraction of sp³-hybridized carbons (Fsp3) is 0.400. The summed E-state index contributed by atoms with van der Waals surface area (Å²) < 4.78 is 0. The summed E-state index contributed by atoms with van der Waals surface area (Å²) in [5, 5.41) is 11.8. The standard InChI is InChI=1S/C15H19N3O4/c1-8(2)7-11(13(16)20)18-14(21)12(17-15(18)22)9-3-5-10(19)6-4-9/h3-6,8,11-12,19H,7H2,1-2H3,(H2,16,20)(H,17,22)/t11-,12?/m0/s1. The highest BCUT2D eigenvalue weighted by Gasteiger charge is 2.44. The van der Waals surface area contributed by atoms with Crippen LogP contribution < -0.4 is 11.1 Å². The molecule has 4 amide bonds. The average molecular weight is 305 g/mol. The summed E-state index contributed by atoms with van der Waals surface area (Å²) >= 11 is 0. The van der Waals surface area contributed by atoms with Crippen molar-refractivity contribution >= 4 is 17.8 Å². The van der Waals surface area contributed by atoms with Crippen molar-refractivity contribution in [2.45, 2.75) is 32.4 Å². The summed E-state index contributed by atoms with van der Waals surface area (Å²) in [6, 6.07) is 3.48. The Morgan fingerprint density at radius 3 is 2.41 bits per heavy atom. The first-order valence-electron chi connectivity index (χ1n) is 7.03. The van der Waals surface area contributed by atoms with E-state index >= 15 is 0 Å². The van der Waals surface area contributed by atoms with Crippen molar-refractivity contribution in [2.24, 2.45) is 11.7 Å². The number of carbonyl (C=O) groups excluding carboxylic acids is 3. The van der Waals surface area contributed by atoms with Gasteiger partial charge in [0.1, 0.15) is 17.8 Å². The van der Waals surface area contributed by atoms with E-state index in [0.29, 0.717) is 12.0 Å². The lowest BCUT2D eigenvalue weighted by Crippen LogP contribution is -2.48. The third-order valence-electron chi connectivity index (χ3n) is 3.53. The van der Waals surface area contributed by atoms with Crippen LogP contribution in [0.5, 0.6) is 5.75 Å². The molecule has 4 N–H and O–H groups in total. The number of rotatable bonds is 5. The Labute approximate surface area is 128 Å². The SMILES string of the molecule is CC(C)C[C@@H](C(N)=O)N1C(=O)NC(c2ccc(O)cc2)C1=O. The topological polar surface area (TPSA) is 113 Å². The van der Waals surface area contributed by atoms with E-state index in [0.717, 1.165) is 4.90 Å². The molecule has 118 valence electrons. The lowest BCUT2D eigenvalue weighted by molar-refractivity contribution is -0.135. The van der Waals surface area contributed by atoms with Crippen molar-refractivity contribution in [3.8, 4) is 5.75 Å². The van der Waals surface area contributed by atoms with Crippen molar-refractivity contribution in [1.29, 1.82) is 0 Å². The van der Waals surface area contributed by atoms with Crippen molar-refractivity contribution in [3.63, 3.8) is 0 Å². The molecule has 0 bridgehead atoms.